The maximum atomic E-state index is 13.6. The van der Waals surface area contributed by atoms with E-state index < -0.39 is 35.6 Å². The summed E-state index contributed by atoms with van der Waals surface area (Å²) in [5.74, 6) is -0.744. The lowest BCUT2D eigenvalue weighted by molar-refractivity contribution is 0.0916. The molecular formula is C74H74N6O9S3. The Morgan fingerprint density at radius 3 is 0.935 bits per heavy atom. The van der Waals surface area contributed by atoms with E-state index in [-0.39, 0.29) is 52.0 Å². The Hall–Kier alpha value is -10.1. The SMILES string of the molecule is CC(C)(C)NC(=O)c1cccc(N(Cc2ccccc2)S(=O)(=O)c2ccccc2)c1.CNC(=O)c1cccc(N(Cc2ccccc2)S(=O)(=O)c2ccccc2)c1.O=C(NCCCc1ccccc1)c1cccc(N(Cc2ccccc2)S(=O)(=O)c2ccccc2)c1. The minimum absolute atomic E-state index is 0.153. The van der Waals surface area contributed by atoms with E-state index in [4.69, 9.17) is 0 Å². The number of hydrogen-bond acceptors (Lipinski definition) is 9. The van der Waals surface area contributed by atoms with Crippen molar-refractivity contribution in [1.82, 2.24) is 16.0 Å². The Morgan fingerprint density at radius 2 is 0.630 bits per heavy atom. The van der Waals surface area contributed by atoms with Crippen LogP contribution in [0.4, 0.5) is 17.1 Å². The lowest BCUT2D eigenvalue weighted by atomic mass is 10.1. The van der Waals surface area contributed by atoms with Crippen molar-refractivity contribution < 1.29 is 39.6 Å². The molecule has 0 spiro atoms. The van der Waals surface area contributed by atoms with Gasteiger partial charge >= 0.3 is 0 Å². The van der Waals surface area contributed by atoms with Crippen molar-refractivity contribution in [3.05, 3.63) is 324 Å². The summed E-state index contributed by atoms with van der Waals surface area (Å²) in [4.78, 5) is 38.1. The number of aryl methyl sites for hydroxylation is 1. The lowest BCUT2D eigenvalue weighted by Gasteiger charge is -2.26. The van der Waals surface area contributed by atoms with Gasteiger partial charge in [0.15, 0.2) is 0 Å². The van der Waals surface area contributed by atoms with Crippen LogP contribution in [0.25, 0.3) is 0 Å². The summed E-state index contributed by atoms with van der Waals surface area (Å²) in [6, 6.07) is 83.3. The third-order valence-electron chi connectivity index (χ3n) is 14.2. The summed E-state index contributed by atoms with van der Waals surface area (Å²) < 4.78 is 84.8. The predicted octanol–water partition coefficient (Wildman–Crippen LogP) is 13.5. The van der Waals surface area contributed by atoms with Gasteiger partial charge in [0.1, 0.15) is 0 Å². The largest absolute Gasteiger partial charge is 0.355 e. The first kappa shape index (κ1) is 67.8. The van der Waals surface area contributed by atoms with Crippen LogP contribution in [0.15, 0.2) is 300 Å². The van der Waals surface area contributed by atoms with Crippen LogP contribution in [0.1, 0.15) is 80.5 Å². The number of sulfonamides is 3. The molecule has 0 aliphatic rings. The van der Waals surface area contributed by atoms with E-state index in [1.54, 1.807) is 164 Å². The van der Waals surface area contributed by atoms with Gasteiger partial charge in [-0.15, -0.1) is 0 Å². The van der Waals surface area contributed by atoms with Crippen LogP contribution in [-0.2, 0) is 56.1 Å². The number of nitrogens with one attached hydrogen (secondary N) is 3. The van der Waals surface area contributed by atoms with Gasteiger partial charge in [0.25, 0.3) is 47.8 Å². The number of anilines is 3. The van der Waals surface area contributed by atoms with E-state index in [1.807, 2.05) is 130 Å². The summed E-state index contributed by atoms with van der Waals surface area (Å²) in [7, 11) is -9.93. The number of benzene rings is 10. The molecule has 10 rings (SSSR count). The fraction of sp³-hybridized carbons (Fsp3) is 0.149. The fourth-order valence-corrected chi connectivity index (χ4v) is 14.0. The first-order chi connectivity index (χ1) is 44.2. The molecule has 0 atom stereocenters. The highest BCUT2D eigenvalue weighted by Crippen LogP contribution is 2.31. The molecule has 3 amide bonds. The van der Waals surface area contributed by atoms with Gasteiger partial charge in [0, 0.05) is 35.8 Å². The zero-order valence-corrected chi connectivity index (χ0v) is 54.1. The highest BCUT2D eigenvalue weighted by Gasteiger charge is 2.29. The molecule has 0 heterocycles. The van der Waals surface area contributed by atoms with Crippen LogP contribution < -0.4 is 28.9 Å². The first-order valence-electron chi connectivity index (χ1n) is 29.7. The molecule has 3 N–H and O–H groups in total. The van der Waals surface area contributed by atoms with E-state index in [9.17, 15) is 39.6 Å². The molecular weight excluding hydrogens is 1210 g/mol. The monoisotopic (exact) mass is 1290 g/mol. The molecule has 10 aromatic carbocycles. The molecule has 0 saturated carbocycles. The zero-order valence-electron chi connectivity index (χ0n) is 51.6. The Balaban J connectivity index is 0.000000179. The van der Waals surface area contributed by atoms with Crippen molar-refractivity contribution in [3.63, 3.8) is 0 Å². The Bertz CT molecular complexity index is 4360. The van der Waals surface area contributed by atoms with Crippen molar-refractivity contribution in [2.24, 2.45) is 0 Å². The number of rotatable bonds is 22. The molecule has 0 fully saturated rings. The molecule has 0 aliphatic carbocycles. The van der Waals surface area contributed by atoms with Crippen LogP contribution in [0.2, 0.25) is 0 Å². The van der Waals surface area contributed by atoms with E-state index in [0.717, 1.165) is 29.5 Å². The van der Waals surface area contributed by atoms with Crippen LogP contribution >= 0.6 is 0 Å². The number of hydrogen-bond donors (Lipinski definition) is 3. The van der Waals surface area contributed by atoms with Crippen molar-refractivity contribution in [2.45, 2.75) is 73.5 Å². The van der Waals surface area contributed by atoms with Crippen LogP contribution in [0, 0.1) is 0 Å². The van der Waals surface area contributed by atoms with Crippen LogP contribution in [0.3, 0.4) is 0 Å². The number of carbonyl (C=O) groups is 3. The van der Waals surface area contributed by atoms with E-state index >= 15 is 0 Å². The second kappa shape index (κ2) is 32.0. The second-order valence-electron chi connectivity index (χ2n) is 22.2. The van der Waals surface area contributed by atoms with Gasteiger partial charge in [-0.25, -0.2) is 25.3 Å². The van der Waals surface area contributed by atoms with Crippen molar-refractivity contribution in [3.8, 4) is 0 Å². The molecule has 0 bridgehead atoms. The number of amides is 3. The smallest absolute Gasteiger partial charge is 0.264 e. The highest BCUT2D eigenvalue weighted by atomic mass is 32.2. The quantitative estimate of drug-likeness (QED) is 0.0552. The number of carbonyl (C=O) groups excluding carboxylic acids is 3. The highest BCUT2D eigenvalue weighted by molar-refractivity contribution is 7.93. The summed E-state index contributed by atoms with van der Waals surface area (Å²) in [6.07, 6.45) is 1.69. The van der Waals surface area contributed by atoms with Gasteiger partial charge in [0.05, 0.1) is 51.4 Å². The van der Waals surface area contributed by atoms with Gasteiger partial charge < -0.3 is 16.0 Å². The van der Waals surface area contributed by atoms with Gasteiger partial charge in [-0.05, 0) is 147 Å². The lowest BCUT2D eigenvalue weighted by Crippen LogP contribution is -2.40. The Morgan fingerprint density at radius 1 is 0.348 bits per heavy atom. The summed E-state index contributed by atoms with van der Waals surface area (Å²) in [5.41, 5.74) is 5.91. The van der Waals surface area contributed by atoms with Crippen molar-refractivity contribution in [2.75, 3.05) is 26.5 Å². The minimum atomic E-state index is -3.84. The summed E-state index contributed by atoms with van der Waals surface area (Å²) in [5, 5.41) is 8.42. The molecule has 18 heteroatoms. The number of nitrogens with zero attached hydrogens (tertiary/aromatic N) is 3. The first-order valence-corrected chi connectivity index (χ1v) is 34.1. The molecule has 10 aromatic rings. The molecule has 92 heavy (non-hydrogen) atoms. The Labute approximate surface area is 541 Å². The van der Waals surface area contributed by atoms with E-state index in [0.29, 0.717) is 40.3 Å². The van der Waals surface area contributed by atoms with Gasteiger partial charge in [-0.1, -0.05) is 194 Å². The average Bonchev–Trinajstić information content (AvgIpc) is 0.819. The van der Waals surface area contributed by atoms with E-state index in [1.165, 1.54) is 25.5 Å². The normalized spacial score (nSPS) is 11.3. The van der Waals surface area contributed by atoms with Crippen molar-refractivity contribution >= 4 is 64.9 Å². The predicted molar refractivity (Wildman–Crippen MR) is 366 cm³/mol. The van der Waals surface area contributed by atoms with Crippen molar-refractivity contribution in [1.29, 1.82) is 0 Å². The maximum Gasteiger partial charge on any atom is 0.264 e. The van der Waals surface area contributed by atoms with Gasteiger partial charge in [0.2, 0.25) is 0 Å². The molecule has 0 radical (unpaired) electrons. The zero-order chi connectivity index (χ0) is 65.6. The topological polar surface area (TPSA) is 199 Å². The molecule has 0 aliphatic heterocycles. The Kier molecular flexibility index (Phi) is 23.6. The third kappa shape index (κ3) is 19.0. The summed E-state index contributed by atoms with van der Waals surface area (Å²) in [6.45, 7) is 6.70. The maximum absolute atomic E-state index is 13.6. The molecule has 0 saturated heterocycles. The minimum Gasteiger partial charge on any atom is -0.355 e. The van der Waals surface area contributed by atoms with Crippen LogP contribution in [0.5, 0.6) is 0 Å². The second-order valence-corrected chi connectivity index (χ2v) is 27.8. The van der Waals surface area contributed by atoms with Crippen LogP contribution in [-0.4, -0.2) is 62.1 Å². The molecule has 15 nitrogen and oxygen atoms in total. The average molecular weight is 1290 g/mol. The third-order valence-corrected chi connectivity index (χ3v) is 19.5. The molecule has 0 unspecified atom stereocenters. The standard InChI is InChI=1S/C29H28N2O3S.C24H26N2O3S.C21H20N2O3S/c32-29(30-21-11-16-24-12-4-1-5-13-24)26-17-10-18-27(22-26)31(23-25-14-6-2-7-15-25)35(33,34)28-19-8-3-9-20-28;1-24(2,3)25-23(27)20-13-10-14-21(17-20)26(18-19-11-6-4-7-12-19)30(28,29)22-15-8-5-9-16-22;1-22-21(24)18-11-8-12-19(15-18)23(16-17-9-4-2-5-10-17)27(25,26)20-13-6-3-7-14-20/h1-10,12-15,17-20,22H,11,16,21,23H2,(H,30,32);4-17H,18H2,1-3H3,(H,25,27);2-15H,16H2,1H3,(H,22,24). The molecule has 472 valence electrons. The van der Waals surface area contributed by atoms with E-state index in [2.05, 4.69) is 28.1 Å². The molecule has 0 aromatic heterocycles. The summed E-state index contributed by atoms with van der Waals surface area (Å²) >= 11 is 0. The van der Waals surface area contributed by atoms with Gasteiger partial charge in [-0.2, -0.15) is 0 Å². The van der Waals surface area contributed by atoms with Gasteiger partial charge in [-0.3, -0.25) is 27.3 Å². The fourth-order valence-electron chi connectivity index (χ4n) is 9.56.